The van der Waals surface area contributed by atoms with Crippen molar-refractivity contribution in [1.82, 2.24) is 9.80 Å². The monoisotopic (exact) mass is 319 g/mol. The zero-order chi connectivity index (χ0) is 16.8. The van der Waals surface area contributed by atoms with Crippen LogP contribution in [0.4, 0.5) is 4.39 Å². The molecular weight excluding hydrogens is 297 g/mol. The lowest BCUT2D eigenvalue weighted by Gasteiger charge is -2.35. The zero-order valence-corrected chi connectivity index (χ0v) is 12.9. The number of hydrogen-bond acceptors (Lipinski definition) is 5. The minimum atomic E-state index is -0.327. The molecule has 0 radical (unpaired) electrons. The first-order chi connectivity index (χ1) is 11.0. The highest BCUT2D eigenvalue weighted by molar-refractivity contribution is 5.76. The maximum absolute atomic E-state index is 13.0. The number of carbonyl (C=O) groups is 1. The molecule has 1 aromatic carbocycles. The van der Waals surface area contributed by atoms with Crippen molar-refractivity contribution in [2.45, 2.75) is 0 Å². The highest BCUT2D eigenvalue weighted by Crippen LogP contribution is 2.17. The average Bonchev–Trinajstić information content (AvgIpc) is 2.53. The van der Waals surface area contributed by atoms with Crippen LogP contribution in [0.5, 0.6) is 0 Å². The maximum atomic E-state index is 13.0. The molecule has 0 aromatic heterocycles. The summed E-state index contributed by atoms with van der Waals surface area (Å²) in [5.41, 5.74) is 18.5. The molecule has 0 unspecified atom stereocenters. The summed E-state index contributed by atoms with van der Waals surface area (Å²) >= 11 is 0. The van der Waals surface area contributed by atoms with Crippen molar-refractivity contribution in [3.05, 3.63) is 53.7 Å². The number of piperazine rings is 1. The number of nitrogens with two attached hydrogens (primary N) is 3. The van der Waals surface area contributed by atoms with E-state index in [0.717, 1.165) is 24.2 Å². The highest BCUT2D eigenvalue weighted by atomic mass is 19.1. The van der Waals surface area contributed by atoms with Gasteiger partial charge in [0.25, 0.3) is 0 Å². The lowest BCUT2D eigenvalue weighted by Crippen LogP contribution is -2.49. The van der Waals surface area contributed by atoms with E-state index in [2.05, 4.69) is 0 Å². The average molecular weight is 319 g/mol. The number of nitrogens with zero attached hydrogens (tertiary/aromatic N) is 2. The fourth-order valence-electron chi connectivity index (χ4n) is 2.51. The fourth-order valence-corrected chi connectivity index (χ4v) is 2.51. The molecule has 1 saturated heterocycles. The van der Waals surface area contributed by atoms with Crippen molar-refractivity contribution in [2.24, 2.45) is 17.2 Å². The van der Waals surface area contributed by atoms with Gasteiger partial charge in [-0.25, -0.2) is 4.39 Å². The summed E-state index contributed by atoms with van der Waals surface area (Å²) in [6, 6.07) is 6.07. The van der Waals surface area contributed by atoms with Gasteiger partial charge in [0.2, 0.25) is 5.91 Å². The molecule has 0 spiro atoms. The quantitative estimate of drug-likeness (QED) is 0.665. The van der Waals surface area contributed by atoms with Crippen LogP contribution in [0.25, 0.3) is 5.57 Å². The standard InChI is InChI=1S/C16H22FN5O/c17-14-3-1-12(2-4-14)13(10-18)9-15(19)22-7-5-21(6-8-22)11-16(20)23/h1-4,9-10H,5-8,11,18-19H2,(H2,20,23)/b13-10+,15-9+. The van der Waals surface area contributed by atoms with E-state index >= 15 is 0 Å². The van der Waals surface area contributed by atoms with Crippen molar-refractivity contribution >= 4 is 11.5 Å². The molecule has 0 atom stereocenters. The molecule has 23 heavy (non-hydrogen) atoms. The molecule has 6 N–H and O–H groups in total. The normalized spacial score (nSPS) is 17.3. The van der Waals surface area contributed by atoms with Gasteiger partial charge in [-0.2, -0.15) is 0 Å². The smallest absolute Gasteiger partial charge is 0.231 e. The van der Waals surface area contributed by atoms with Crippen LogP contribution in [0.15, 0.2) is 42.4 Å². The van der Waals surface area contributed by atoms with Crippen LogP contribution >= 0.6 is 0 Å². The van der Waals surface area contributed by atoms with Gasteiger partial charge in [-0.15, -0.1) is 0 Å². The van der Waals surface area contributed by atoms with Crippen molar-refractivity contribution in [2.75, 3.05) is 32.7 Å². The lowest BCUT2D eigenvalue weighted by atomic mass is 10.1. The van der Waals surface area contributed by atoms with Crippen molar-refractivity contribution in [3.63, 3.8) is 0 Å². The Morgan fingerprint density at radius 2 is 1.74 bits per heavy atom. The molecular formula is C16H22FN5O. The summed E-state index contributed by atoms with van der Waals surface area (Å²) in [6.07, 6.45) is 3.22. The first-order valence-corrected chi connectivity index (χ1v) is 7.40. The Bertz CT molecular complexity index is 603. The van der Waals surface area contributed by atoms with Gasteiger partial charge in [-0.1, -0.05) is 12.1 Å². The molecule has 1 aliphatic heterocycles. The van der Waals surface area contributed by atoms with Crippen LogP contribution in [0, 0.1) is 5.82 Å². The highest BCUT2D eigenvalue weighted by Gasteiger charge is 2.18. The molecule has 1 aliphatic rings. The van der Waals surface area contributed by atoms with Crippen LogP contribution < -0.4 is 17.2 Å². The van der Waals surface area contributed by atoms with E-state index in [1.807, 2.05) is 9.80 Å². The Morgan fingerprint density at radius 1 is 1.13 bits per heavy atom. The summed E-state index contributed by atoms with van der Waals surface area (Å²) in [5.74, 6) is -0.0379. The Hall–Kier alpha value is -2.54. The summed E-state index contributed by atoms with van der Waals surface area (Å²) in [7, 11) is 0. The van der Waals surface area contributed by atoms with Crippen LogP contribution in [0.3, 0.4) is 0 Å². The minimum absolute atomic E-state index is 0.265. The largest absolute Gasteiger partial charge is 0.404 e. The van der Waals surface area contributed by atoms with Crippen molar-refractivity contribution in [1.29, 1.82) is 0 Å². The number of primary amides is 1. The first kappa shape index (κ1) is 16.8. The third-order valence-electron chi connectivity index (χ3n) is 3.78. The van der Waals surface area contributed by atoms with E-state index in [0.29, 0.717) is 18.9 Å². The van der Waals surface area contributed by atoms with Gasteiger partial charge in [0.15, 0.2) is 0 Å². The number of allylic oxidation sites excluding steroid dienone is 2. The van der Waals surface area contributed by atoms with E-state index in [9.17, 15) is 9.18 Å². The van der Waals surface area contributed by atoms with Gasteiger partial charge in [-0.05, 0) is 23.8 Å². The number of amides is 1. The zero-order valence-electron chi connectivity index (χ0n) is 12.9. The maximum Gasteiger partial charge on any atom is 0.231 e. The number of halogens is 1. The van der Waals surface area contributed by atoms with Crippen molar-refractivity contribution < 1.29 is 9.18 Å². The summed E-state index contributed by atoms with van der Waals surface area (Å²) in [5, 5.41) is 0. The fraction of sp³-hybridized carbons (Fsp3) is 0.312. The van der Waals surface area contributed by atoms with Crippen LogP contribution in [0.2, 0.25) is 0 Å². The lowest BCUT2D eigenvalue weighted by molar-refractivity contribution is -0.119. The third kappa shape index (κ3) is 4.72. The van der Waals surface area contributed by atoms with Gasteiger partial charge in [-0.3, -0.25) is 9.69 Å². The molecule has 7 heteroatoms. The van der Waals surface area contributed by atoms with Gasteiger partial charge in [0, 0.05) is 38.0 Å². The van der Waals surface area contributed by atoms with Gasteiger partial charge in [0.05, 0.1) is 12.4 Å². The topological polar surface area (TPSA) is 102 Å². The number of carbonyl (C=O) groups excluding carboxylic acids is 1. The molecule has 1 amide bonds. The molecule has 1 fully saturated rings. The number of hydrogen-bond donors (Lipinski definition) is 3. The Morgan fingerprint density at radius 3 is 2.26 bits per heavy atom. The Labute approximate surface area is 135 Å². The molecule has 0 aliphatic carbocycles. The van der Waals surface area contributed by atoms with Gasteiger partial charge in [0.1, 0.15) is 5.82 Å². The van der Waals surface area contributed by atoms with E-state index < -0.39 is 0 Å². The summed E-state index contributed by atoms with van der Waals surface area (Å²) in [6.45, 7) is 3.11. The molecule has 1 aromatic rings. The van der Waals surface area contributed by atoms with Gasteiger partial charge < -0.3 is 22.1 Å². The second-order valence-electron chi connectivity index (χ2n) is 5.43. The predicted octanol–water partition coefficient (Wildman–Crippen LogP) is 0.0283. The molecule has 1 heterocycles. The van der Waals surface area contributed by atoms with E-state index in [1.165, 1.54) is 18.3 Å². The van der Waals surface area contributed by atoms with Gasteiger partial charge >= 0.3 is 0 Å². The molecule has 0 bridgehead atoms. The number of benzene rings is 1. The second kappa shape index (κ2) is 7.64. The Balaban J connectivity index is 2.01. The first-order valence-electron chi connectivity index (χ1n) is 7.40. The third-order valence-corrected chi connectivity index (χ3v) is 3.78. The van der Waals surface area contributed by atoms with Crippen LogP contribution in [-0.4, -0.2) is 48.4 Å². The predicted molar refractivity (Wildman–Crippen MR) is 88.0 cm³/mol. The molecule has 0 saturated carbocycles. The molecule has 2 rings (SSSR count). The molecule has 6 nitrogen and oxygen atoms in total. The van der Waals surface area contributed by atoms with E-state index in [1.54, 1.807) is 18.2 Å². The van der Waals surface area contributed by atoms with Crippen LogP contribution in [-0.2, 0) is 4.79 Å². The molecule has 124 valence electrons. The van der Waals surface area contributed by atoms with Crippen LogP contribution in [0.1, 0.15) is 5.56 Å². The number of rotatable bonds is 5. The van der Waals surface area contributed by atoms with E-state index in [4.69, 9.17) is 17.2 Å². The summed E-state index contributed by atoms with van der Waals surface area (Å²) < 4.78 is 13.0. The minimum Gasteiger partial charge on any atom is -0.404 e. The second-order valence-corrected chi connectivity index (χ2v) is 5.43. The van der Waals surface area contributed by atoms with Crippen molar-refractivity contribution in [3.8, 4) is 0 Å². The Kier molecular flexibility index (Phi) is 5.59. The van der Waals surface area contributed by atoms with E-state index in [-0.39, 0.29) is 18.3 Å². The SMILES string of the molecule is N/C=C(\C=C(/N)N1CCN(CC(N)=O)CC1)c1ccc(F)cc1. The summed E-state index contributed by atoms with van der Waals surface area (Å²) in [4.78, 5) is 14.9.